The van der Waals surface area contributed by atoms with Gasteiger partial charge >= 0.3 is 5.69 Å². The Balaban J connectivity index is 1.43. The van der Waals surface area contributed by atoms with Crippen LogP contribution < -0.4 is 11.2 Å². The number of nitrogens with zero attached hydrogens (tertiary/aromatic N) is 5. The zero-order valence-electron chi connectivity index (χ0n) is 16.5. The number of thiazole rings is 1. The van der Waals surface area contributed by atoms with Crippen LogP contribution in [-0.2, 0) is 20.6 Å². The highest BCUT2D eigenvalue weighted by Crippen LogP contribution is 2.28. The summed E-state index contributed by atoms with van der Waals surface area (Å²) in [7, 11) is 3.40. The fourth-order valence-electron chi connectivity index (χ4n) is 3.16. The molecule has 0 aliphatic rings. The molecule has 4 aromatic rings. The molecular weight excluding hydrogens is 406 g/mol. The van der Waals surface area contributed by atoms with E-state index in [1.54, 1.807) is 48.1 Å². The summed E-state index contributed by atoms with van der Waals surface area (Å²) >= 11 is 3.26. The lowest BCUT2D eigenvalue weighted by Crippen LogP contribution is -2.39. The van der Waals surface area contributed by atoms with Gasteiger partial charge in [-0.2, -0.15) is 0 Å². The first-order valence-corrected chi connectivity index (χ1v) is 11.1. The average molecular weight is 428 g/mol. The molecule has 4 rings (SSSR count). The van der Waals surface area contributed by atoms with Crippen LogP contribution >= 0.6 is 23.1 Å². The average Bonchev–Trinajstić information content (AvgIpc) is 3.33. The van der Waals surface area contributed by atoms with E-state index >= 15 is 0 Å². The largest absolute Gasteiger partial charge is 0.332 e. The smallest absolute Gasteiger partial charge is 0.328 e. The van der Waals surface area contributed by atoms with Gasteiger partial charge in [-0.25, -0.2) is 14.8 Å². The summed E-state index contributed by atoms with van der Waals surface area (Å²) in [6, 6.07) is 8.32. The van der Waals surface area contributed by atoms with Crippen LogP contribution in [0.15, 0.2) is 49.9 Å². The Bertz CT molecular complexity index is 1280. The van der Waals surface area contributed by atoms with Crippen molar-refractivity contribution in [3.63, 3.8) is 0 Å². The van der Waals surface area contributed by atoms with Crippen molar-refractivity contribution in [2.45, 2.75) is 24.2 Å². The van der Waals surface area contributed by atoms with Crippen molar-refractivity contribution >= 4 is 34.3 Å². The van der Waals surface area contributed by atoms with Crippen LogP contribution in [0.25, 0.3) is 22.4 Å². The first-order chi connectivity index (χ1) is 14.0. The second-order valence-electron chi connectivity index (χ2n) is 6.89. The number of benzene rings is 1. The Morgan fingerprint density at radius 1 is 1.14 bits per heavy atom. The monoisotopic (exact) mass is 427 g/mol. The molecule has 7 nitrogen and oxygen atoms in total. The van der Waals surface area contributed by atoms with E-state index in [2.05, 4.69) is 46.5 Å². The molecule has 0 atom stereocenters. The van der Waals surface area contributed by atoms with Gasteiger partial charge in [-0.3, -0.25) is 13.9 Å². The third-order valence-electron chi connectivity index (χ3n) is 4.78. The van der Waals surface area contributed by atoms with E-state index in [-0.39, 0.29) is 11.2 Å². The van der Waals surface area contributed by atoms with Gasteiger partial charge in [0.15, 0.2) is 15.5 Å². The van der Waals surface area contributed by atoms with Gasteiger partial charge in [0.2, 0.25) is 0 Å². The summed E-state index contributed by atoms with van der Waals surface area (Å²) in [5.74, 6) is 0.778. The molecule has 1 aromatic carbocycles. The first kappa shape index (κ1) is 19.7. The lowest BCUT2D eigenvalue weighted by atomic mass is 10.1. The van der Waals surface area contributed by atoms with Gasteiger partial charge < -0.3 is 4.57 Å². The zero-order valence-corrected chi connectivity index (χ0v) is 18.1. The molecule has 3 heterocycles. The maximum atomic E-state index is 12.7. The van der Waals surface area contributed by atoms with E-state index in [1.165, 1.54) is 14.7 Å². The topological polar surface area (TPSA) is 74.7 Å². The maximum absolute atomic E-state index is 12.7. The normalized spacial score (nSPS) is 11.4. The van der Waals surface area contributed by atoms with Gasteiger partial charge in [-0.1, -0.05) is 41.6 Å². The molecule has 0 saturated heterocycles. The van der Waals surface area contributed by atoms with Gasteiger partial charge in [0.05, 0.1) is 12.0 Å². The summed E-state index contributed by atoms with van der Waals surface area (Å²) in [6.45, 7) is 2.44. The molecule has 0 N–H and O–H groups in total. The van der Waals surface area contributed by atoms with E-state index in [1.807, 2.05) is 0 Å². The van der Waals surface area contributed by atoms with E-state index in [0.29, 0.717) is 24.1 Å². The number of aromatic nitrogens is 5. The molecule has 0 fully saturated rings. The Hall–Kier alpha value is -2.65. The van der Waals surface area contributed by atoms with Crippen LogP contribution in [0.4, 0.5) is 0 Å². The molecule has 0 amide bonds. The van der Waals surface area contributed by atoms with Gasteiger partial charge in [0.1, 0.15) is 0 Å². The second kappa shape index (κ2) is 8.00. The molecule has 0 aliphatic carbocycles. The quantitative estimate of drug-likeness (QED) is 0.349. The van der Waals surface area contributed by atoms with Crippen molar-refractivity contribution in [1.82, 2.24) is 23.7 Å². The van der Waals surface area contributed by atoms with Crippen molar-refractivity contribution in [2.24, 2.45) is 14.1 Å². The highest BCUT2D eigenvalue weighted by atomic mass is 32.2. The van der Waals surface area contributed by atoms with Crippen LogP contribution in [0.5, 0.6) is 0 Å². The maximum Gasteiger partial charge on any atom is 0.332 e. The summed E-state index contributed by atoms with van der Waals surface area (Å²) in [4.78, 5) is 34.1. The summed E-state index contributed by atoms with van der Waals surface area (Å²) < 4.78 is 5.37. The van der Waals surface area contributed by atoms with Crippen molar-refractivity contribution in [1.29, 1.82) is 0 Å². The molecule has 0 saturated carbocycles. The number of aryl methyl sites for hydroxylation is 3. The molecule has 3 aromatic heterocycles. The molecule has 0 bridgehead atoms. The number of imidazole rings is 1. The first-order valence-electron chi connectivity index (χ1n) is 9.22. The molecule has 29 heavy (non-hydrogen) atoms. The van der Waals surface area contributed by atoms with Gasteiger partial charge in [-0.05, 0) is 13.3 Å². The number of rotatable bonds is 6. The Morgan fingerprint density at radius 2 is 1.90 bits per heavy atom. The number of hydrogen-bond acceptors (Lipinski definition) is 6. The molecule has 0 unspecified atom stereocenters. The van der Waals surface area contributed by atoms with Crippen LogP contribution in [0.3, 0.4) is 0 Å². The minimum Gasteiger partial charge on any atom is -0.328 e. The lowest BCUT2D eigenvalue weighted by Gasteiger charge is -2.08. The minimum atomic E-state index is -0.331. The Labute approximate surface area is 175 Å². The summed E-state index contributed by atoms with van der Waals surface area (Å²) in [5, 5.41) is 2.06. The molecular formula is C20H21N5O2S2. The molecule has 0 aliphatic heterocycles. The van der Waals surface area contributed by atoms with Crippen LogP contribution in [0.2, 0.25) is 0 Å². The molecule has 0 spiro atoms. The van der Waals surface area contributed by atoms with E-state index in [9.17, 15) is 9.59 Å². The van der Waals surface area contributed by atoms with Crippen molar-refractivity contribution in [3.8, 4) is 11.3 Å². The Morgan fingerprint density at radius 3 is 2.66 bits per heavy atom. The van der Waals surface area contributed by atoms with E-state index in [4.69, 9.17) is 0 Å². The van der Waals surface area contributed by atoms with Crippen LogP contribution in [0.1, 0.15) is 12.0 Å². The number of thioether (sulfide) groups is 1. The second-order valence-corrected chi connectivity index (χ2v) is 9.09. The van der Waals surface area contributed by atoms with Crippen LogP contribution in [-0.4, -0.2) is 29.4 Å². The van der Waals surface area contributed by atoms with Crippen LogP contribution in [0, 0.1) is 6.92 Å². The predicted molar refractivity (Wildman–Crippen MR) is 118 cm³/mol. The fraction of sp³-hybridized carbons (Fsp3) is 0.300. The van der Waals surface area contributed by atoms with Gasteiger partial charge in [-0.15, -0.1) is 11.3 Å². The van der Waals surface area contributed by atoms with Gasteiger partial charge in [0, 0.05) is 37.3 Å². The third kappa shape index (κ3) is 3.79. The van der Waals surface area contributed by atoms with E-state index in [0.717, 1.165) is 21.3 Å². The highest BCUT2D eigenvalue weighted by Gasteiger charge is 2.14. The van der Waals surface area contributed by atoms with Crippen molar-refractivity contribution < 1.29 is 0 Å². The number of hydrogen-bond donors (Lipinski definition) is 0. The summed E-state index contributed by atoms with van der Waals surface area (Å²) in [5.41, 5.74) is 3.56. The summed E-state index contributed by atoms with van der Waals surface area (Å²) in [6.07, 6.45) is 2.25. The van der Waals surface area contributed by atoms with E-state index < -0.39 is 0 Å². The van der Waals surface area contributed by atoms with Crippen molar-refractivity contribution in [3.05, 3.63) is 62.4 Å². The highest BCUT2D eigenvalue weighted by molar-refractivity contribution is 8.01. The van der Waals surface area contributed by atoms with Gasteiger partial charge in [0.25, 0.3) is 5.56 Å². The zero-order chi connectivity index (χ0) is 20.5. The SMILES string of the molecule is Cc1ccc(-c2csc(SCCCn3c(=O)c4c(ncn4C)n(C)c3=O)n2)cc1. The lowest BCUT2D eigenvalue weighted by molar-refractivity contribution is 0.594. The molecule has 0 radical (unpaired) electrons. The number of fused-ring (bicyclic) bond motifs is 1. The third-order valence-corrected chi connectivity index (χ3v) is 6.89. The molecule has 150 valence electrons. The standard InChI is InChI=1S/C20H21N5O2S2/c1-13-5-7-14(8-6-13)15-11-29-19(22-15)28-10-4-9-25-18(26)16-17(21-12-23(16)2)24(3)20(25)27/h5-8,11-12H,4,9-10H2,1-3H3. The van der Waals surface area contributed by atoms with Crippen molar-refractivity contribution in [2.75, 3.05) is 5.75 Å². The minimum absolute atomic E-state index is 0.288. The molecule has 9 heteroatoms. The predicted octanol–water partition coefficient (Wildman–Crippen LogP) is 3.05. The fourth-order valence-corrected chi connectivity index (χ4v) is 4.99. The Kier molecular flexibility index (Phi) is 5.42.